The Kier molecular flexibility index (Phi) is 8.16. The predicted molar refractivity (Wildman–Crippen MR) is 126 cm³/mol. The lowest BCUT2D eigenvalue weighted by atomic mass is 9.85. The fraction of sp³-hybridized carbons (Fsp3) is 0.321. The van der Waals surface area contributed by atoms with E-state index < -0.39 is 12.0 Å². The molecular weight excluding hydrogens is 382 g/mol. The maximum atomic E-state index is 13.7. The molecule has 3 atom stereocenters. The monoisotopic (exact) mass is 415 g/mol. The van der Waals surface area contributed by atoms with Crippen LogP contribution in [0.1, 0.15) is 43.6 Å². The van der Waals surface area contributed by atoms with Crippen LogP contribution in [0.15, 0.2) is 91.0 Å². The van der Waals surface area contributed by atoms with Gasteiger partial charge in [-0.25, -0.2) is 0 Å². The topological polar surface area (TPSA) is 40.5 Å². The molecule has 0 aliphatic carbocycles. The molecule has 0 saturated heterocycles. The van der Waals surface area contributed by atoms with E-state index in [1.165, 1.54) is 11.1 Å². The smallest absolute Gasteiger partial charge is 0.155 e. The van der Waals surface area contributed by atoms with E-state index in [9.17, 15) is 9.90 Å². The van der Waals surface area contributed by atoms with Crippen LogP contribution in [0.3, 0.4) is 0 Å². The van der Waals surface area contributed by atoms with Crippen LogP contribution in [-0.2, 0) is 17.9 Å². The Bertz CT molecular complexity index is 884. The van der Waals surface area contributed by atoms with Crippen LogP contribution in [0.5, 0.6) is 0 Å². The summed E-state index contributed by atoms with van der Waals surface area (Å²) in [6, 6.07) is 29.7. The summed E-state index contributed by atoms with van der Waals surface area (Å²) in [5.74, 6) is -0.299. The lowest BCUT2D eigenvalue weighted by molar-refractivity contribution is -0.133. The van der Waals surface area contributed by atoms with Gasteiger partial charge in [-0.15, -0.1) is 0 Å². The second kappa shape index (κ2) is 11.0. The van der Waals surface area contributed by atoms with Gasteiger partial charge in [-0.3, -0.25) is 9.69 Å². The van der Waals surface area contributed by atoms with Crippen molar-refractivity contribution in [3.8, 4) is 0 Å². The molecule has 0 aromatic heterocycles. The van der Waals surface area contributed by atoms with Crippen LogP contribution >= 0.6 is 0 Å². The highest BCUT2D eigenvalue weighted by atomic mass is 16.3. The number of Topliss-reactive ketones (excluding diaryl/α,β-unsaturated/α-hetero) is 1. The molecule has 0 heterocycles. The fourth-order valence-corrected chi connectivity index (χ4v) is 4.18. The van der Waals surface area contributed by atoms with Gasteiger partial charge in [-0.1, -0.05) is 112 Å². The van der Waals surface area contributed by atoms with Crippen molar-refractivity contribution in [2.75, 3.05) is 0 Å². The first-order chi connectivity index (χ1) is 15.0. The van der Waals surface area contributed by atoms with Crippen molar-refractivity contribution >= 4 is 5.78 Å². The highest BCUT2D eigenvalue weighted by Gasteiger charge is 2.35. The summed E-state index contributed by atoms with van der Waals surface area (Å²) >= 11 is 0. The van der Waals surface area contributed by atoms with Crippen molar-refractivity contribution in [3.63, 3.8) is 0 Å². The third kappa shape index (κ3) is 6.13. The van der Waals surface area contributed by atoms with Crippen molar-refractivity contribution in [3.05, 3.63) is 108 Å². The lowest BCUT2D eigenvalue weighted by Crippen LogP contribution is -2.47. The standard InChI is InChI=1S/C28H33NO2/c1-21(2)26(28(31)22(3)27(30)25-17-11-6-12-18-25)29(19-23-13-7-4-8-14-23)20-24-15-9-5-10-16-24/h4-18,21-22,26-27,30H,19-20H2,1-3H3/t22-,26+,27+/m1/s1. The zero-order chi connectivity index (χ0) is 22.2. The fourth-order valence-electron chi connectivity index (χ4n) is 4.18. The molecule has 3 aromatic rings. The number of aliphatic hydroxyl groups is 1. The number of carbonyl (C=O) groups excluding carboxylic acids is 1. The Morgan fingerprint density at radius 2 is 1.16 bits per heavy atom. The predicted octanol–water partition coefficient (Wildman–Crippen LogP) is 5.65. The molecule has 0 amide bonds. The first kappa shape index (κ1) is 22.9. The summed E-state index contributed by atoms with van der Waals surface area (Å²) in [4.78, 5) is 16.0. The number of hydrogen-bond donors (Lipinski definition) is 1. The van der Waals surface area contributed by atoms with Gasteiger partial charge in [-0.05, 0) is 22.6 Å². The van der Waals surface area contributed by atoms with Crippen LogP contribution in [0.25, 0.3) is 0 Å². The third-order valence-electron chi connectivity index (χ3n) is 5.84. The van der Waals surface area contributed by atoms with Crippen LogP contribution < -0.4 is 0 Å². The maximum Gasteiger partial charge on any atom is 0.155 e. The van der Waals surface area contributed by atoms with E-state index in [0.29, 0.717) is 13.1 Å². The third-order valence-corrected chi connectivity index (χ3v) is 5.84. The van der Waals surface area contributed by atoms with Crippen LogP contribution in [-0.4, -0.2) is 21.8 Å². The van der Waals surface area contributed by atoms with Crippen molar-refractivity contribution in [1.82, 2.24) is 4.90 Å². The van der Waals surface area contributed by atoms with Crippen LogP contribution in [0, 0.1) is 11.8 Å². The van der Waals surface area contributed by atoms with Gasteiger partial charge in [0, 0.05) is 19.0 Å². The molecule has 0 aliphatic rings. The summed E-state index contributed by atoms with van der Waals surface area (Å²) in [7, 11) is 0. The number of carbonyl (C=O) groups is 1. The highest BCUT2D eigenvalue weighted by Crippen LogP contribution is 2.28. The number of aliphatic hydroxyl groups excluding tert-OH is 1. The summed E-state index contributed by atoms with van der Waals surface area (Å²) < 4.78 is 0. The van der Waals surface area contributed by atoms with Crippen molar-refractivity contribution in [2.24, 2.45) is 11.8 Å². The Hall–Kier alpha value is -2.75. The molecule has 0 bridgehead atoms. The Morgan fingerprint density at radius 3 is 1.58 bits per heavy atom. The molecule has 162 valence electrons. The minimum Gasteiger partial charge on any atom is -0.388 e. The van der Waals surface area contributed by atoms with Crippen LogP contribution in [0.2, 0.25) is 0 Å². The summed E-state index contributed by atoms with van der Waals surface area (Å²) in [6.07, 6.45) is -0.815. The number of ketones is 1. The zero-order valence-electron chi connectivity index (χ0n) is 18.7. The highest BCUT2D eigenvalue weighted by molar-refractivity contribution is 5.87. The second-order valence-electron chi connectivity index (χ2n) is 8.61. The zero-order valence-corrected chi connectivity index (χ0v) is 18.7. The molecule has 0 saturated carbocycles. The largest absolute Gasteiger partial charge is 0.388 e. The molecule has 3 nitrogen and oxygen atoms in total. The van der Waals surface area contributed by atoms with Crippen molar-refractivity contribution in [2.45, 2.75) is 46.0 Å². The first-order valence-electron chi connectivity index (χ1n) is 11.1. The molecule has 3 rings (SSSR count). The summed E-state index contributed by atoms with van der Waals surface area (Å²) in [6.45, 7) is 7.38. The van der Waals surface area contributed by atoms with E-state index in [-0.39, 0.29) is 17.7 Å². The minimum atomic E-state index is -0.815. The quantitative estimate of drug-likeness (QED) is 0.465. The first-order valence-corrected chi connectivity index (χ1v) is 11.1. The van der Waals surface area contributed by atoms with Gasteiger partial charge in [0.15, 0.2) is 5.78 Å². The molecule has 0 spiro atoms. The molecule has 0 radical (unpaired) electrons. The molecule has 1 N–H and O–H groups in total. The molecule has 0 fully saturated rings. The Balaban J connectivity index is 1.89. The van der Waals surface area contributed by atoms with E-state index in [0.717, 1.165) is 5.56 Å². The van der Waals surface area contributed by atoms with E-state index in [2.05, 4.69) is 43.0 Å². The normalized spacial score (nSPS) is 14.4. The molecular formula is C28H33NO2. The number of benzene rings is 3. The van der Waals surface area contributed by atoms with Crippen molar-refractivity contribution in [1.29, 1.82) is 0 Å². The SMILES string of the molecule is CC(C)[C@@H](C(=O)[C@H](C)[C@H](O)c1ccccc1)N(Cc1ccccc1)Cc1ccccc1. The van der Waals surface area contributed by atoms with E-state index >= 15 is 0 Å². The van der Waals surface area contributed by atoms with Gasteiger partial charge in [0.1, 0.15) is 0 Å². The minimum absolute atomic E-state index is 0.0817. The number of nitrogens with zero attached hydrogens (tertiary/aromatic N) is 1. The van der Waals surface area contributed by atoms with Gasteiger partial charge in [-0.2, -0.15) is 0 Å². The van der Waals surface area contributed by atoms with E-state index in [1.807, 2.05) is 73.7 Å². The van der Waals surface area contributed by atoms with Crippen LogP contribution in [0.4, 0.5) is 0 Å². The average Bonchev–Trinajstić information content (AvgIpc) is 2.79. The molecule has 0 unspecified atom stereocenters. The van der Waals surface area contributed by atoms with E-state index in [4.69, 9.17) is 0 Å². The lowest BCUT2D eigenvalue weighted by Gasteiger charge is -2.36. The van der Waals surface area contributed by atoms with Gasteiger partial charge in [0.05, 0.1) is 12.1 Å². The second-order valence-corrected chi connectivity index (χ2v) is 8.61. The van der Waals surface area contributed by atoms with E-state index in [1.54, 1.807) is 0 Å². The summed E-state index contributed by atoms with van der Waals surface area (Å²) in [5, 5.41) is 10.9. The summed E-state index contributed by atoms with van der Waals surface area (Å²) in [5.41, 5.74) is 3.13. The molecule has 31 heavy (non-hydrogen) atoms. The van der Waals surface area contributed by atoms with Gasteiger partial charge in [0.2, 0.25) is 0 Å². The van der Waals surface area contributed by atoms with Gasteiger partial charge >= 0.3 is 0 Å². The van der Waals surface area contributed by atoms with Crippen molar-refractivity contribution < 1.29 is 9.90 Å². The molecule has 3 aromatic carbocycles. The number of hydrogen-bond acceptors (Lipinski definition) is 3. The maximum absolute atomic E-state index is 13.7. The molecule has 0 aliphatic heterocycles. The molecule has 3 heteroatoms. The van der Waals surface area contributed by atoms with Gasteiger partial charge < -0.3 is 5.11 Å². The average molecular weight is 416 g/mol. The number of rotatable bonds is 10. The van der Waals surface area contributed by atoms with Gasteiger partial charge in [0.25, 0.3) is 0 Å². The Morgan fingerprint density at radius 1 is 0.742 bits per heavy atom. The Labute approximate surface area is 186 Å².